The third-order valence-electron chi connectivity index (χ3n) is 4.49. The fraction of sp³-hybridized carbons (Fsp3) is 0.0400. The van der Waals surface area contributed by atoms with Gasteiger partial charge in [0.25, 0.3) is 11.8 Å². The van der Waals surface area contributed by atoms with Gasteiger partial charge in [-0.3, -0.25) is 9.59 Å². The van der Waals surface area contributed by atoms with Crippen LogP contribution in [0.5, 0.6) is 5.75 Å². The van der Waals surface area contributed by atoms with Crippen molar-refractivity contribution in [2.45, 2.75) is 6.61 Å². The van der Waals surface area contributed by atoms with Gasteiger partial charge in [0, 0.05) is 16.9 Å². The molecule has 31 heavy (non-hydrogen) atoms. The summed E-state index contributed by atoms with van der Waals surface area (Å²) in [5.74, 6) is 0.274. The number of carbonyl (C=O) groups is 2. The Kier molecular flexibility index (Phi) is 6.09. The minimum atomic E-state index is -0.362. The van der Waals surface area contributed by atoms with Gasteiger partial charge in [-0.25, -0.2) is 0 Å². The molecule has 4 aromatic rings. The summed E-state index contributed by atoms with van der Waals surface area (Å²) < 4.78 is 10.8. The Hall–Kier alpha value is -4.32. The quantitative estimate of drug-likeness (QED) is 0.428. The van der Waals surface area contributed by atoms with Crippen LogP contribution in [0.15, 0.2) is 102 Å². The van der Waals surface area contributed by atoms with Crippen molar-refractivity contribution in [3.63, 3.8) is 0 Å². The number of rotatable bonds is 7. The Bertz CT molecular complexity index is 1150. The molecular formula is C25H20N2O4. The molecule has 0 radical (unpaired) electrons. The minimum Gasteiger partial charge on any atom is -0.489 e. The smallest absolute Gasteiger partial charge is 0.291 e. The van der Waals surface area contributed by atoms with Gasteiger partial charge in [0.15, 0.2) is 5.76 Å². The summed E-state index contributed by atoms with van der Waals surface area (Å²) in [5.41, 5.74) is 2.68. The molecular weight excluding hydrogens is 392 g/mol. The number of amides is 2. The first kappa shape index (κ1) is 20.0. The van der Waals surface area contributed by atoms with Gasteiger partial charge in [-0.05, 0) is 60.2 Å². The summed E-state index contributed by atoms with van der Waals surface area (Å²) in [7, 11) is 0. The zero-order chi connectivity index (χ0) is 21.5. The molecule has 6 heteroatoms. The third-order valence-corrected chi connectivity index (χ3v) is 4.49. The molecule has 154 valence electrons. The van der Waals surface area contributed by atoms with Crippen LogP contribution in [0.25, 0.3) is 0 Å². The largest absolute Gasteiger partial charge is 0.489 e. The van der Waals surface area contributed by atoms with E-state index in [1.165, 1.54) is 6.26 Å². The molecule has 4 rings (SSSR count). The summed E-state index contributed by atoms with van der Waals surface area (Å²) in [5, 5.41) is 5.56. The molecule has 1 heterocycles. The summed E-state index contributed by atoms with van der Waals surface area (Å²) in [6, 6.07) is 26.9. The number of benzene rings is 3. The van der Waals surface area contributed by atoms with E-state index in [2.05, 4.69) is 10.6 Å². The maximum Gasteiger partial charge on any atom is 0.291 e. The zero-order valence-electron chi connectivity index (χ0n) is 16.6. The topological polar surface area (TPSA) is 80.6 Å². The van der Waals surface area contributed by atoms with Gasteiger partial charge in [0.05, 0.1) is 6.26 Å². The summed E-state index contributed by atoms with van der Waals surface area (Å²) in [6.45, 7) is 0.461. The third kappa shape index (κ3) is 5.39. The van der Waals surface area contributed by atoms with Crippen LogP contribution in [0.3, 0.4) is 0 Å². The monoisotopic (exact) mass is 412 g/mol. The maximum atomic E-state index is 12.6. The molecule has 0 saturated carbocycles. The predicted octanol–water partition coefficient (Wildman–Crippen LogP) is 5.36. The highest BCUT2D eigenvalue weighted by Gasteiger charge is 2.10. The lowest BCUT2D eigenvalue weighted by Gasteiger charge is -2.09. The second-order valence-corrected chi connectivity index (χ2v) is 6.77. The molecule has 2 amide bonds. The van der Waals surface area contributed by atoms with Crippen molar-refractivity contribution in [2.75, 3.05) is 10.6 Å². The number of carbonyl (C=O) groups excluding carboxylic acids is 2. The number of nitrogens with one attached hydrogen (secondary N) is 2. The molecule has 2 N–H and O–H groups in total. The molecule has 3 aromatic carbocycles. The van der Waals surface area contributed by atoms with Crippen molar-refractivity contribution in [2.24, 2.45) is 0 Å². The molecule has 0 aliphatic rings. The number of ether oxygens (including phenoxy) is 1. The van der Waals surface area contributed by atoms with E-state index in [9.17, 15) is 9.59 Å². The Morgan fingerprint density at radius 2 is 1.45 bits per heavy atom. The van der Waals surface area contributed by atoms with Gasteiger partial charge in [0.1, 0.15) is 12.4 Å². The normalized spacial score (nSPS) is 10.3. The number of hydrogen-bond acceptors (Lipinski definition) is 4. The first-order valence-electron chi connectivity index (χ1n) is 9.70. The molecule has 0 spiro atoms. The van der Waals surface area contributed by atoms with Gasteiger partial charge in [-0.2, -0.15) is 0 Å². The van der Waals surface area contributed by atoms with Crippen LogP contribution in [0, 0.1) is 0 Å². The van der Waals surface area contributed by atoms with Crippen LogP contribution in [-0.2, 0) is 6.61 Å². The molecule has 0 fully saturated rings. The van der Waals surface area contributed by atoms with Crippen molar-refractivity contribution < 1.29 is 18.7 Å². The van der Waals surface area contributed by atoms with Crippen molar-refractivity contribution in [1.82, 2.24) is 0 Å². The maximum absolute atomic E-state index is 12.6. The fourth-order valence-corrected chi connectivity index (χ4v) is 2.92. The van der Waals surface area contributed by atoms with Crippen molar-refractivity contribution in [3.05, 3.63) is 114 Å². The number of furan rings is 1. The molecule has 0 saturated heterocycles. The Labute approximate surface area is 179 Å². The molecule has 0 bridgehead atoms. The summed E-state index contributed by atoms with van der Waals surface area (Å²) >= 11 is 0. The SMILES string of the molecule is O=C(Nc1cccc(NC(=O)c2ccco2)c1)c1ccc(OCc2ccccc2)cc1. The lowest BCUT2D eigenvalue weighted by Crippen LogP contribution is -2.13. The van der Waals surface area contributed by atoms with E-state index in [0.717, 1.165) is 5.56 Å². The van der Waals surface area contributed by atoms with Crippen molar-refractivity contribution in [1.29, 1.82) is 0 Å². The number of hydrogen-bond donors (Lipinski definition) is 2. The van der Waals surface area contributed by atoms with Crippen molar-refractivity contribution in [3.8, 4) is 5.75 Å². The van der Waals surface area contributed by atoms with E-state index in [1.54, 1.807) is 60.7 Å². The first-order chi connectivity index (χ1) is 15.2. The Morgan fingerprint density at radius 3 is 2.13 bits per heavy atom. The van der Waals surface area contributed by atoms with Gasteiger partial charge >= 0.3 is 0 Å². The van der Waals surface area contributed by atoms with E-state index < -0.39 is 0 Å². The summed E-state index contributed by atoms with van der Waals surface area (Å²) in [4.78, 5) is 24.7. The summed E-state index contributed by atoms with van der Waals surface area (Å²) in [6.07, 6.45) is 1.43. The van der Waals surface area contributed by atoms with Gasteiger partial charge in [-0.15, -0.1) is 0 Å². The van der Waals surface area contributed by atoms with Gasteiger partial charge in [-0.1, -0.05) is 36.4 Å². The second-order valence-electron chi connectivity index (χ2n) is 6.77. The van der Waals surface area contributed by atoms with E-state index in [0.29, 0.717) is 29.3 Å². The predicted molar refractivity (Wildman–Crippen MR) is 118 cm³/mol. The average molecular weight is 412 g/mol. The van der Waals surface area contributed by atoms with E-state index in [-0.39, 0.29) is 17.6 Å². The van der Waals surface area contributed by atoms with Crippen LogP contribution in [0.2, 0.25) is 0 Å². The van der Waals surface area contributed by atoms with Crippen LogP contribution in [0.1, 0.15) is 26.5 Å². The van der Waals surface area contributed by atoms with Gasteiger partial charge < -0.3 is 19.8 Å². The molecule has 0 atom stereocenters. The van der Waals surface area contributed by atoms with Crippen LogP contribution < -0.4 is 15.4 Å². The molecule has 1 aromatic heterocycles. The second kappa shape index (κ2) is 9.45. The average Bonchev–Trinajstić information content (AvgIpc) is 3.34. The van der Waals surface area contributed by atoms with E-state index in [1.807, 2.05) is 30.3 Å². The lowest BCUT2D eigenvalue weighted by molar-refractivity contribution is 0.0995. The van der Waals surface area contributed by atoms with E-state index >= 15 is 0 Å². The van der Waals surface area contributed by atoms with Crippen LogP contribution in [-0.4, -0.2) is 11.8 Å². The Balaban J connectivity index is 1.35. The zero-order valence-corrected chi connectivity index (χ0v) is 16.6. The lowest BCUT2D eigenvalue weighted by atomic mass is 10.2. The van der Waals surface area contributed by atoms with E-state index in [4.69, 9.17) is 9.15 Å². The standard InChI is InChI=1S/C25H20N2O4/c28-24(19-11-13-22(14-12-19)31-17-18-6-2-1-3-7-18)26-20-8-4-9-21(16-20)27-25(29)23-10-5-15-30-23/h1-16H,17H2,(H,26,28)(H,27,29). The minimum absolute atomic E-state index is 0.212. The molecule has 0 aliphatic carbocycles. The highest BCUT2D eigenvalue weighted by Crippen LogP contribution is 2.19. The highest BCUT2D eigenvalue weighted by molar-refractivity contribution is 6.05. The highest BCUT2D eigenvalue weighted by atomic mass is 16.5. The Morgan fingerprint density at radius 1 is 0.742 bits per heavy atom. The van der Waals surface area contributed by atoms with Crippen molar-refractivity contribution >= 4 is 23.2 Å². The fourth-order valence-electron chi connectivity index (χ4n) is 2.92. The first-order valence-corrected chi connectivity index (χ1v) is 9.70. The molecule has 0 unspecified atom stereocenters. The van der Waals surface area contributed by atoms with Crippen LogP contribution in [0.4, 0.5) is 11.4 Å². The van der Waals surface area contributed by atoms with Crippen LogP contribution >= 0.6 is 0 Å². The molecule has 6 nitrogen and oxygen atoms in total. The van der Waals surface area contributed by atoms with Gasteiger partial charge in [0.2, 0.25) is 0 Å². The molecule has 0 aliphatic heterocycles. The number of anilines is 2.